The Morgan fingerprint density at radius 1 is 1.45 bits per heavy atom. The summed E-state index contributed by atoms with van der Waals surface area (Å²) in [7, 11) is 4.72. The Bertz CT molecular complexity index is 112. The topological polar surface area (TPSA) is 47.6 Å². The summed E-state index contributed by atoms with van der Waals surface area (Å²) in [6.45, 7) is 0. The molecule has 11 heavy (non-hydrogen) atoms. The van der Waals surface area contributed by atoms with Crippen molar-refractivity contribution in [1.29, 1.82) is 0 Å². The van der Waals surface area contributed by atoms with E-state index in [0.29, 0.717) is 12.8 Å². The minimum Gasteiger partial charge on any atom is -0.359 e. The predicted molar refractivity (Wildman–Crippen MR) is 41.1 cm³/mol. The number of nitrogens with one attached hydrogen (secondary N) is 1. The van der Waals surface area contributed by atoms with Crippen molar-refractivity contribution >= 4 is 5.91 Å². The summed E-state index contributed by atoms with van der Waals surface area (Å²) in [5, 5.41) is 2.52. The summed E-state index contributed by atoms with van der Waals surface area (Å²) >= 11 is 0. The van der Waals surface area contributed by atoms with Gasteiger partial charge in [-0.25, -0.2) is 0 Å². The van der Waals surface area contributed by atoms with E-state index >= 15 is 0 Å². The quantitative estimate of drug-likeness (QED) is 0.583. The highest BCUT2D eigenvalue weighted by molar-refractivity contribution is 5.75. The lowest BCUT2D eigenvalue weighted by molar-refractivity contribution is -0.128. The van der Waals surface area contributed by atoms with Crippen LogP contribution < -0.4 is 5.32 Å². The van der Waals surface area contributed by atoms with Gasteiger partial charge in [0.05, 0.1) is 0 Å². The number of carbonyl (C=O) groups is 1. The molecule has 0 radical (unpaired) electrons. The lowest BCUT2D eigenvalue weighted by Crippen LogP contribution is -2.21. The van der Waals surface area contributed by atoms with E-state index in [1.165, 1.54) is 0 Å². The third kappa shape index (κ3) is 4.75. The minimum absolute atomic E-state index is 0.00380. The largest absolute Gasteiger partial charge is 0.359 e. The van der Waals surface area contributed by atoms with Gasteiger partial charge in [0.25, 0.3) is 0 Å². The maximum Gasteiger partial charge on any atom is 0.219 e. The highest BCUT2D eigenvalue weighted by Crippen LogP contribution is 2.00. The second kappa shape index (κ2) is 6.12. The molecule has 0 aromatic heterocycles. The first-order chi connectivity index (χ1) is 5.24. The molecule has 0 rings (SSSR count). The van der Waals surface area contributed by atoms with Gasteiger partial charge in [-0.1, -0.05) is 0 Å². The van der Waals surface area contributed by atoms with Crippen molar-refractivity contribution in [2.24, 2.45) is 0 Å². The van der Waals surface area contributed by atoms with Crippen LogP contribution in [0.1, 0.15) is 12.8 Å². The van der Waals surface area contributed by atoms with Gasteiger partial charge in [-0.15, -0.1) is 0 Å². The molecule has 4 heteroatoms. The van der Waals surface area contributed by atoms with Crippen molar-refractivity contribution in [3.05, 3.63) is 0 Å². The van der Waals surface area contributed by atoms with Crippen LogP contribution in [0.5, 0.6) is 0 Å². The Hall–Kier alpha value is -0.610. The van der Waals surface area contributed by atoms with Crippen LogP contribution in [0.15, 0.2) is 0 Å². The summed E-state index contributed by atoms with van der Waals surface area (Å²) in [6, 6.07) is 0. The molecule has 0 saturated carbocycles. The number of amides is 1. The maximum absolute atomic E-state index is 10.7. The molecule has 0 aliphatic rings. The fraction of sp³-hybridized carbons (Fsp3) is 0.857. The van der Waals surface area contributed by atoms with Crippen LogP contribution >= 0.6 is 0 Å². The summed E-state index contributed by atoms with van der Waals surface area (Å²) in [5.41, 5.74) is 0. The molecular formula is C7H15NO3. The third-order valence-corrected chi connectivity index (χ3v) is 1.41. The highest BCUT2D eigenvalue weighted by atomic mass is 16.7. The van der Waals surface area contributed by atoms with Crippen molar-refractivity contribution in [2.45, 2.75) is 19.1 Å². The first kappa shape index (κ1) is 10.4. The average Bonchev–Trinajstić information content (AvgIpc) is 2.06. The number of rotatable bonds is 5. The zero-order valence-electron chi connectivity index (χ0n) is 7.22. The van der Waals surface area contributed by atoms with E-state index in [1.54, 1.807) is 21.3 Å². The second-order valence-corrected chi connectivity index (χ2v) is 2.11. The van der Waals surface area contributed by atoms with E-state index in [2.05, 4.69) is 5.32 Å². The molecule has 0 atom stereocenters. The first-order valence-corrected chi connectivity index (χ1v) is 3.50. The summed E-state index contributed by atoms with van der Waals surface area (Å²) in [4.78, 5) is 10.7. The van der Waals surface area contributed by atoms with Gasteiger partial charge in [-0.2, -0.15) is 0 Å². The van der Waals surface area contributed by atoms with E-state index < -0.39 is 0 Å². The van der Waals surface area contributed by atoms with Crippen LogP contribution in [0, 0.1) is 0 Å². The lowest BCUT2D eigenvalue weighted by Gasteiger charge is -2.11. The number of methoxy groups -OCH3 is 2. The van der Waals surface area contributed by atoms with Crippen molar-refractivity contribution in [2.75, 3.05) is 21.3 Å². The summed E-state index contributed by atoms with van der Waals surface area (Å²) in [6.07, 6.45) is 0.752. The SMILES string of the molecule is CNC(=O)CCC(OC)OC. The smallest absolute Gasteiger partial charge is 0.219 e. The number of hydrogen-bond acceptors (Lipinski definition) is 3. The fourth-order valence-corrected chi connectivity index (χ4v) is 0.706. The van der Waals surface area contributed by atoms with E-state index in [9.17, 15) is 4.79 Å². The molecule has 0 heterocycles. The van der Waals surface area contributed by atoms with Gasteiger partial charge in [0.2, 0.25) is 5.91 Å². The molecule has 66 valence electrons. The predicted octanol–water partition coefficient (Wildman–Crippen LogP) is 0.131. The number of ether oxygens (including phenoxy) is 2. The molecule has 0 aliphatic heterocycles. The van der Waals surface area contributed by atoms with Crippen molar-refractivity contribution in [3.8, 4) is 0 Å². The molecule has 0 saturated heterocycles. The Morgan fingerprint density at radius 3 is 2.36 bits per heavy atom. The van der Waals surface area contributed by atoms with Gasteiger partial charge in [0.15, 0.2) is 6.29 Å². The molecule has 0 aromatic rings. The third-order valence-electron chi connectivity index (χ3n) is 1.41. The number of carbonyl (C=O) groups excluding carboxylic acids is 1. The van der Waals surface area contributed by atoms with E-state index in [1.807, 2.05) is 0 Å². The summed E-state index contributed by atoms with van der Waals surface area (Å²) in [5.74, 6) is 0.00380. The molecular weight excluding hydrogens is 146 g/mol. The molecule has 1 N–H and O–H groups in total. The van der Waals surface area contributed by atoms with Gasteiger partial charge in [-0.05, 0) is 0 Å². The van der Waals surface area contributed by atoms with Gasteiger partial charge >= 0.3 is 0 Å². The van der Waals surface area contributed by atoms with Crippen molar-refractivity contribution in [3.63, 3.8) is 0 Å². The molecule has 0 unspecified atom stereocenters. The second-order valence-electron chi connectivity index (χ2n) is 2.11. The van der Waals surface area contributed by atoms with Crippen molar-refractivity contribution < 1.29 is 14.3 Å². The molecule has 0 spiro atoms. The van der Waals surface area contributed by atoms with E-state index in [4.69, 9.17) is 9.47 Å². The molecule has 0 fully saturated rings. The van der Waals surface area contributed by atoms with Gasteiger partial charge < -0.3 is 14.8 Å². The van der Waals surface area contributed by atoms with Gasteiger partial charge in [0, 0.05) is 34.1 Å². The Morgan fingerprint density at radius 2 is 2.00 bits per heavy atom. The van der Waals surface area contributed by atoms with E-state index in [0.717, 1.165) is 0 Å². The Kier molecular flexibility index (Phi) is 5.78. The number of hydrogen-bond donors (Lipinski definition) is 1. The van der Waals surface area contributed by atoms with E-state index in [-0.39, 0.29) is 12.2 Å². The monoisotopic (exact) mass is 161 g/mol. The lowest BCUT2D eigenvalue weighted by atomic mass is 10.3. The highest BCUT2D eigenvalue weighted by Gasteiger charge is 2.06. The fourth-order valence-electron chi connectivity index (χ4n) is 0.706. The van der Waals surface area contributed by atoms with Crippen LogP contribution in [0.2, 0.25) is 0 Å². The summed E-state index contributed by atoms with van der Waals surface area (Å²) < 4.78 is 9.78. The zero-order chi connectivity index (χ0) is 8.69. The first-order valence-electron chi connectivity index (χ1n) is 3.50. The molecule has 0 bridgehead atoms. The normalized spacial score (nSPS) is 10.2. The van der Waals surface area contributed by atoms with Crippen LogP contribution in [-0.2, 0) is 14.3 Å². The molecule has 1 amide bonds. The van der Waals surface area contributed by atoms with Crippen LogP contribution in [0.3, 0.4) is 0 Å². The standard InChI is InChI=1S/C7H15NO3/c1-8-6(9)4-5-7(10-2)11-3/h7H,4-5H2,1-3H3,(H,8,9). The van der Waals surface area contributed by atoms with Gasteiger partial charge in [0.1, 0.15) is 0 Å². The Labute approximate surface area is 66.9 Å². The van der Waals surface area contributed by atoms with Crippen molar-refractivity contribution in [1.82, 2.24) is 5.32 Å². The zero-order valence-corrected chi connectivity index (χ0v) is 7.22. The minimum atomic E-state index is -0.271. The molecule has 0 aliphatic carbocycles. The van der Waals surface area contributed by atoms with Crippen LogP contribution in [-0.4, -0.2) is 33.5 Å². The van der Waals surface area contributed by atoms with Crippen LogP contribution in [0.4, 0.5) is 0 Å². The average molecular weight is 161 g/mol. The van der Waals surface area contributed by atoms with Crippen LogP contribution in [0.25, 0.3) is 0 Å². The Balaban J connectivity index is 3.42. The maximum atomic E-state index is 10.7. The molecule has 0 aromatic carbocycles. The molecule has 4 nitrogen and oxygen atoms in total. The van der Waals surface area contributed by atoms with Gasteiger partial charge in [-0.3, -0.25) is 4.79 Å².